The third-order valence-corrected chi connectivity index (χ3v) is 5.95. The molecular weight excluding hydrogens is 343 g/mol. The number of hydrogen-bond donors (Lipinski definition) is 2. The molecule has 2 aliphatic carbocycles. The molecular formula is C21H27FN4O. The fraction of sp³-hybridized carbons (Fsp3) is 0.524. The maximum absolute atomic E-state index is 13.3. The Bertz CT molecular complexity index is 782. The van der Waals surface area contributed by atoms with Crippen LogP contribution in [0.1, 0.15) is 55.7 Å². The first kappa shape index (κ1) is 18.0. The molecule has 0 aliphatic heterocycles. The van der Waals surface area contributed by atoms with Crippen LogP contribution in [0.3, 0.4) is 0 Å². The number of nitrogens with zero attached hydrogens (tertiary/aromatic N) is 2. The van der Waals surface area contributed by atoms with E-state index in [9.17, 15) is 9.18 Å². The first-order valence-electron chi connectivity index (χ1n) is 9.91. The SMILES string of the molecule is Cn1cc(C(NC(=O)N[C@@H]2C[C@H]2C2CCCCC2)c2ccc(F)cc2)cn1. The normalized spacial score (nSPS) is 23.6. The lowest BCUT2D eigenvalue weighted by Gasteiger charge is -2.22. The quantitative estimate of drug-likeness (QED) is 0.838. The van der Waals surface area contributed by atoms with Crippen molar-refractivity contribution in [2.75, 3.05) is 0 Å². The number of urea groups is 1. The number of carbonyl (C=O) groups excluding carboxylic acids is 1. The van der Waals surface area contributed by atoms with Gasteiger partial charge < -0.3 is 10.6 Å². The Morgan fingerprint density at radius 1 is 1.19 bits per heavy atom. The fourth-order valence-corrected chi connectivity index (χ4v) is 4.41. The molecule has 27 heavy (non-hydrogen) atoms. The molecule has 2 amide bonds. The zero-order valence-electron chi connectivity index (χ0n) is 15.7. The minimum absolute atomic E-state index is 0.170. The summed E-state index contributed by atoms with van der Waals surface area (Å²) in [5, 5.41) is 10.4. The summed E-state index contributed by atoms with van der Waals surface area (Å²) in [6.45, 7) is 0. The maximum Gasteiger partial charge on any atom is 0.315 e. The summed E-state index contributed by atoms with van der Waals surface area (Å²) < 4.78 is 15.0. The van der Waals surface area contributed by atoms with Crippen molar-refractivity contribution < 1.29 is 9.18 Å². The number of hydrogen-bond acceptors (Lipinski definition) is 2. The molecule has 0 radical (unpaired) electrons. The van der Waals surface area contributed by atoms with Gasteiger partial charge in [-0.15, -0.1) is 0 Å². The monoisotopic (exact) mass is 370 g/mol. The predicted molar refractivity (Wildman–Crippen MR) is 102 cm³/mol. The van der Waals surface area contributed by atoms with E-state index in [-0.39, 0.29) is 23.9 Å². The van der Waals surface area contributed by atoms with Crippen LogP contribution in [0.5, 0.6) is 0 Å². The Morgan fingerprint density at radius 3 is 2.59 bits per heavy atom. The second-order valence-electron chi connectivity index (χ2n) is 7.95. The fourth-order valence-electron chi connectivity index (χ4n) is 4.41. The Hall–Kier alpha value is -2.37. The number of rotatable bonds is 5. The number of halogens is 1. The van der Waals surface area contributed by atoms with Crippen LogP contribution < -0.4 is 10.6 Å². The molecule has 144 valence electrons. The van der Waals surface area contributed by atoms with Crippen LogP contribution in [0.15, 0.2) is 36.7 Å². The largest absolute Gasteiger partial charge is 0.335 e. The standard InChI is InChI=1S/C21H27FN4O/c1-26-13-16(12-23-26)20(15-7-9-17(22)10-8-15)25-21(27)24-19-11-18(19)14-5-3-2-4-6-14/h7-10,12-14,18-20H,2-6,11H2,1H3,(H2,24,25,27)/t18-,19+,20?/m0/s1. The highest BCUT2D eigenvalue weighted by molar-refractivity contribution is 5.75. The Kier molecular flexibility index (Phi) is 5.14. The van der Waals surface area contributed by atoms with Crippen LogP contribution in [-0.2, 0) is 7.05 Å². The number of carbonyl (C=O) groups is 1. The molecule has 0 bridgehead atoms. The number of aryl methyl sites for hydroxylation is 1. The van der Waals surface area contributed by atoms with E-state index in [0.717, 1.165) is 23.5 Å². The molecule has 1 aromatic heterocycles. The van der Waals surface area contributed by atoms with Gasteiger partial charge in [-0.25, -0.2) is 9.18 Å². The van der Waals surface area contributed by atoms with Gasteiger partial charge in [0, 0.05) is 24.8 Å². The van der Waals surface area contributed by atoms with Gasteiger partial charge in [0.1, 0.15) is 5.82 Å². The zero-order valence-corrected chi connectivity index (χ0v) is 15.7. The lowest BCUT2D eigenvalue weighted by atomic mass is 9.85. The molecule has 2 aliphatic rings. The molecule has 3 atom stereocenters. The molecule has 2 saturated carbocycles. The second-order valence-corrected chi connectivity index (χ2v) is 7.95. The van der Waals surface area contributed by atoms with Crippen molar-refractivity contribution >= 4 is 6.03 Å². The second kappa shape index (κ2) is 7.71. The van der Waals surface area contributed by atoms with Crippen molar-refractivity contribution in [3.63, 3.8) is 0 Å². The molecule has 6 heteroatoms. The maximum atomic E-state index is 13.3. The third-order valence-electron chi connectivity index (χ3n) is 5.95. The Morgan fingerprint density at radius 2 is 1.93 bits per heavy atom. The summed E-state index contributed by atoms with van der Waals surface area (Å²) in [7, 11) is 1.84. The van der Waals surface area contributed by atoms with Gasteiger partial charge in [0.05, 0.1) is 12.2 Å². The number of benzene rings is 1. The molecule has 5 nitrogen and oxygen atoms in total. The van der Waals surface area contributed by atoms with Crippen molar-refractivity contribution in [1.29, 1.82) is 0 Å². The van der Waals surface area contributed by atoms with Gasteiger partial charge in [-0.1, -0.05) is 44.2 Å². The summed E-state index contributed by atoms with van der Waals surface area (Å²) in [4.78, 5) is 12.6. The minimum atomic E-state index is -0.355. The van der Waals surface area contributed by atoms with Crippen LogP contribution >= 0.6 is 0 Å². The van der Waals surface area contributed by atoms with Crippen molar-refractivity contribution in [1.82, 2.24) is 20.4 Å². The molecule has 2 fully saturated rings. The van der Waals surface area contributed by atoms with E-state index < -0.39 is 0 Å². The van der Waals surface area contributed by atoms with Crippen molar-refractivity contribution in [2.45, 2.75) is 50.6 Å². The average Bonchev–Trinajstić information content (AvgIpc) is 3.30. The Balaban J connectivity index is 1.40. The van der Waals surface area contributed by atoms with Gasteiger partial charge in [0.25, 0.3) is 0 Å². The van der Waals surface area contributed by atoms with Gasteiger partial charge in [-0.05, 0) is 36.0 Å². The van der Waals surface area contributed by atoms with Crippen LogP contribution in [-0.4, -0.2) is 21.9 Å². The van der Waals surface area contributed by atoms with E-state index in [1.807, 2.05) is 13.2 Å². The smallest absolute Gasteiger partial charge is 0.315 e. The lowest BCUT2D eigenvalue weighted by molar-refractivity contribution is 0.236. The van der Waals surface area contributed by atoms with E-state index in [1.165, 1.54) is 44.2 Å². The molecule has 1 aromatic carbocycles. The first-order valence-corrected chi connectivity index (χ1v) is 9.91. The van der Waals surface area contributed by atoms with Gasteiger partial charge in [0.15, 0.2) is 0 Å². The van der Waals surface area contributed by atoms with Gasteiger partial charge in [-0.2, -0.15) is 5.10 Å². The van der Waals surface area contributed by atoms with Gasteiger partial charge >= 0.3 is 6.03 Å². The molecule has 4 rings (SSSR count). The summed E-state index contributed by atoms with van der Waals surface area (Å²) >= 11 is 0. The van der Waals surface area contributed by atoms with Gasteiger partial charge in [0.2, 0.25) is 0 Å². The Labute approximate surface area is 159 Å². The number of aromatic nitrogens is 2. The van der Waals surface area contributed by atoms with E-state index in [2.05, 4.69) is 15.7 Å². The van der Waals surface area contributed by atoms with E-state index in [4.69, 9.17) is 0 Å². The van der Waals surface area contributed by atoms with E-state index in [0.29, 0.717) is 5.92 Å². The number of nitrogens with one attached hydrogen (secondary N) is 2. The molecule has 2 N–H and O–H groups in total. The third kappa shape index (κ3) is 4.31. The van der Waals surface area contributed by atoms with Crippen LogP contribution in [0, 0.1) is 17.7 Å². The molecule has 0 saturated heterocycles. The van der Waals surface area contributed by atoms with E-state index in [1.54, 1.807) is 23.0 Å². The predicted octanol–water partition coefficient (Wildman–Crippen LogP) is 3.92. The van der Waals surface area contributed by atoms with Crippen molar-refractivity contribution in [2.24, 2.45) is 18.9 Å². The highest BCUT2D eigenvalue weighted by Gasteiger charge is 2.43. The van der Waals surface area contributed by atoms with E-state index >= 15 is 0 Å². The zero-order chi connectivity index (χ0) is 18.8. The molecule has 2 aromatic rings. The topological polar surface area (TPSA) is 59.0 Å². The van der Waals surface area contributed by atoms with Crippen molar-refractivity contribution in [3.8, 4) is 0 Å². The number of amides is 2. The molecule has 1 heterocycles. The summed E-state index contributed by atoms with van der Waals surface area (Å²) in [5.74, 6) is 1.12. The highest BCUT2D eigenvalue weighted by Crippen LogP contribution is 2.44. The van der Waals surface area contributed by atoms with Crippen LogP contribution in [0.25, 0.3) is 0 Å². The minimum Gasteiger partial charge on any atom is -0.335 e. The highest BCUT2D eigenvalue weighted by atomic mass is 19.1. The van der Waals surface area contributed by atoms with Crippen molar-refractivity contribution in [3.05, 3.63) is 53.6 Å². The van der Waals surface area contributed by atoms with Gasteiger partial charge in [-0.3, -0.25) is 4.68 Å². The molecule has 1 unspecified atom stereocenters. The van der Waals surface area contributed by atoms with Crippen LogP contribution in [0.2, 0.25) is 0 Å². The summed E-state index contributed by atoms with van der Waals surface area (Å²) in [6.07, 6.45) is 11.3. The molecule has 0 spiro atoms. The average molecular weight is 370 g/mol. The summed E-state index contributed by atoms with van der Waals surface area (Å²) in [5.41, 5.74) is 1.71. The summed E-state index contributed by atoms with van der Waals surface area (Å²) in [6, 6.07) is 6.00. The van der Waals surface area contributed by atoms with Crippen LogP contribution in [0.4, 0.5) is 9.18 Å². The first-order chi connectivity index (χ1) is 13.1. The lowest BCUT2D eigenvalue weighted by Crippen LogP contribution is -2.40.